The quantitative estimate of drug-likeness (QED) is 0.254. The molecule has 0 heterocycles. The number of halogens is 1. The number of primary amides is 1. The van der Waals surface area contributed by atoms with Crippen LogP contribution in [0.5, 0.6) is 0 Å². The van der Waals surface area contributed by atoms with Gasteiger partial charge in [0.15, 0.2) is 0 Å². The van der Waals surface area contributed by atoms with E-state index in [4.69, 9.17) is 11.8 Å². The number of carbonyl (C=O) groups excluding carboxylic acids is 2. The zero-order valence-corrected chi connectivity index (χ0v) is 7.53. The van der Waals surface area contributed by atoms with Gasteiger partial charge in [-0.15, -0.1) is 0 Å². The van der Waals surface area contributed by atoms with Crippen LogP contribution in [0, 0.1) is 0 Å². The van der Waals surface area contributed by atoms with E-state index >= 15 is 0 Å². The minimum absolute atomic E-state index is 0. The Hall–Kier alpha value is 0.0300. The van der Waals surface area contributed by atoms with Gasteiger partial charge in [-0.05, 0) is 0 Å². The van der Waals surface area contributed by atoms with Crippen LogP contribution in [0.15, 0.2) is 0 Å². The van der Waals surface area contributed by atoms with Crippen molar-refractivity contribution in [3.05, 3.63) is 0 Å². The Morgan fingerprint density at radius 1 is 1.44 bits per heavy atom. The average Bonchev–Trinajstić information content (AvgIpc) is 1.65. The van der Waals surface area contributed by atoms with Crippen LogP contribution in [0.1, 0.15) is 0 Å². The second kappa shape index (κ2) is 6.15. The molecule has 9 heavy (non-hydrogen) atoms. The molecule has 0 aliphatic rings. The van der Waals surface area contributed by atoms with Gasteiger partial charge in [-0.1, -0.05) is 0 Å². The monoisotopic (exact) mass is 160 g/mol. The Balaban J connectivity index is 0. The summed E-state index contributed by atoms with van der Waals surface area (Å²) in [6.07, 6.45) is 0. The summed E-state index contributed by atoms with van der Waals surface area (Å²) in [5.41, 5.74) is 4.50. The van der Waals surface area contributed by atoms with Gasteiger partial charge in [0.2, 0.25) is 0 Å². The standard InChI is InChI=1S/C2H4ClN3O2.Na/c3-6-2(8)5-1(4)7;/h(H4,4,5,6,7,8);/q;+1. The second-order valence-electron chi connectivity index (χ2n) is 0.913. The smallest absolute Gasteiger partial charge is 0.351 e. The van der Waals surface area contributed by atoms with E-state index in [1.807, 2.05) is 0 Å². The number of carbonyl (C=O) groups is 2. The van der Waals surface area contributed by atoms with E-state index in [1.54, 1.807) is 10.2 Å². The van der Waals surface area contributed by atoms with Gasteiger partial charge in [-0.2, -0.15) is 0 Å². The van der Waals surface area contributed by atoms with Crippen LogP contribution >= 0.6 is 11.8 Å². The SMILES string of the molecule is NC(=O)NC(=O)NCl.[Na+]. The molecule has 0 saturated carbocycles. The van der Waals surface area contributed by atoms with E-state index in [0.29, 0.717) is 0 Å². The van der Waals surface area contributed by atoms with Crippen molar-refractivity contribution in [1.29, 1.82) is 0 Å². The van der Waals surface area contributed by atoms with Crippen molar-refractivity contribution in [3.63, 3.8) is 0 Å². The van der Waals surface area contributed by atoms with Crippen molar-refractivity contribution in [2.24, 2.45) is 5.73 Å². The third-order valence-electron chi connectivity index (χ3n) is 0.323. The number of urea groups is 2. The van der Waals surface area contributed by atoms with Crippen molar-refractivity contribution < 1.29 is 39.1 Å². The van der Waals surface area contributed by atoms with Gasteiger partial charge in [-0.25, -0.2) is 14.4 Å². The minimum atomic E-state index is -0.942. The van der Waals surface area contributed by atoms with E-state index in [1.165, 1.54) is 0 Å². The first-order valence-corrected chi connectivity index (χ1v) is 2.01. The van der Waals surface area contributed by atoms with Crippen LogP contribution in [0.4, 0.5) is 9.59 Å². The fourth-order valence-electron chi connectivity index (χ4n) is 0.136. The van der Waals surface area contributed by atoms with E-state index in [9.17, 15) is 9.59 Å². The van der Waals surface area contributed by atoms with Crippen LogP contribution in [0.2, 0.25) is 0 Å². The van der Waals surface area contributed by atoms with Gasteiger partial charge in [0.1, 0.15) is 0 Å². The minimum Gasteiger partial charge on any atom is -0.351 e. The molecule has 4 N–H and O–H groups in total. The maximum atomic E-state index is 9.97. The van der Waals surface area contributed by atoms with Crippen molar-refractivity contribution in [3.8, 4) is 0 Å². The van der Waals surface area contributed by atoms with E-state index < -0.39 is 12.1 Å². The van der Waals surface area contributed by atoms with E-state index in [2.05, 4.69) is 5.73 Å². The summed E-state index contributed by atoms with van der Waals surface area (Å²) in [7, 11) is 0. The Morgan fingerprint density at radius 3 is 2.00 bits per heavy atom. The zero-order valence-electron chi connectivity index (χ0n) is 4.77. The summed E-state index contributed by atoms with van der Waals surface area (Å²) in [6, 6.07) is -1.78. The number of nitrogens with two attached hydrogens (primary N) is 1. The molecule has 0 aromatic heterocycles. The Morgan fingerprint density at radius 2 is 1.89 bits per heavy atom. The van der Waals surface area contributed by atoms with Crippen LogP contribution in [0.25, 0.3) is 0 Å². The van der Waals surface area contributed by atoms with Crippen LogP contribution in [-0.4, -0.2) is 12.1 Å². The zero-order chi connectivity index (χ0) is 6.57. The topological polar surface area (TPSA) is 84.2 Å². The molecule has 0 rings (SSSR count). The predicted molar refractivity (Wildman–Crippen MR) is 27.1 cm³/mol. The van der Waals surface area contributed by atoms with Crippen LogP contribution < -0.4 is 45.4 Å². The molecule has 0 fully saturated rings. The van der Waals surface area contributed by atoms with Gasteiger partial charge in [0.25, 0.3) is 0 Å². The van der Waals surface area contributed by atoms with Gasteiger partial charge >= 0.3 is 41.6 Å². The first-order chi connectivity index (χ1) is 3.66. The fourth-order valence-corrected chi connectivity index (χ4v) is 0.183. The van der Waals surface area contributed by atoms with Gasteiger partial charge < -0.3 is 5.73 Å². The molecule has 4 amide bonds. The Labute approximate surface area is 78.7 Å². The van der Waals surface area contributed by atoms with Crippen LogP contribution in [0.3, 0.4) is 0 Å². The molecule has 0 saturated heterocycles. The van der Waals surface area contributed by atoms with Crippen molar-refractivity contribution in [2.75, 3.05) is 0 Å². The number of hydrogen-bond acceptors (Lipinski definition) is 2. The third-order valence-corrected chi connectivity index (χ3v) is 0.494. The summed E-state index contributed by atoms with van der Waals surface area (Å²) >= 11 is 4.73. The molecule has 0 aromatic carbocycles. The number of imide groups is 1. The summed E-state index contributed by atoms with van der Waals surface area (Å²) in [5.74, 6) is 0. The molecule has 46 valence electrons. The first kappa shape index (κ1) is 11.8. The molecular formula is C2H4ClN3NaO2+. The molecule has 0 aliphatic carbocycles. The molecule has 0 radical (unpaired) electrons. The molecule has 0 aliphatic heterocycles. The Bertz CT molecular complexity index is 118. The number of hydrogen-bond donors (Lipinski definition) is 3. The molecule has 0 atom stereocenters. The molecule has 7 heteroatoms. The van der Waals surface area contributed by atoms with Gasteiger partial charge in [0, 0.05) is 11.8 Å². The van der Waals surface area contributed by atoms with Gasteiger partial charge in [0.05, 0.1) is 0 Å². The molecular weight excluding hydrogens is 156 g/mol. The largest absolute Gasteiger partial charge is 1.00 e. The predicted octanol–water partition coefficient (Wildman–Crippen LogP) is -3.48. The molecule has 5 nitrogen and oxygen atoms in total. The van der Waals surface area contributed by atoms with E-state index in [0.717, 1.165) is 0 Å². The summed E-state index contributed by atoms with van der Waals surface area (Å²) in [4.78, 5) is 21.3. The van der Waals surface area contributed by atoms with Crippen molar-refractivity contribution in [1.82, 2.24) is 10.2 Å². The summed E-state index contributed by atoms with van der Waals surface area (Å²) in [5, 5.41) is 1.65. The number of nitrogens with one attached hydrogen (secondary N) is 2. The summed E-state index contributed by atoms with van der Waals surface area (Å²) in [6.45, 7) is 0. The molecule has 0 bridgehead atoms. The third kappa shape index (κ3) is 8.03. The van der Waals surface area contributed by atoms with Crippen molar-refractivity contribution >= 4 is 23.8 Å². The van der Waals surface area contributed by atoms with E-state index in [-0.39, 0.29) is 29.6 Å². The number of amides is 4. The maximum absolute atomic E-state index is 9.97. The van der Waals surface area contributed by atoms with Crippen LogP contribution in [-0.2, 0) is 0 Å². The maximum Gasteiger partial charge on any atom is 1.00 e. The molecule has 0 aromatic rings. The molecule has 0 unspecified atom stereocenters. The number of rotatable bonds is 0. The molecule has 0 spiro atoms. The first-order valence-electron chi connectivity index (χ1n) is 1.64. The summed E-state index contributed by atoms with van der Waals surface area (Å²) < 4.78 is 0. The average molecular weight is 161 g/mol. The van der Waals surface area contributed by atoms with Gasteiger partial charge in [-0.3, -0.25) is 5.32 Å². The van der Waals surface area contributed by atoms with Crippen molar-refractivity contribution in [2.45, 2.75) is 0 Å². The second-order valence-corrected chi connectivity index (χ2v) is 1.10. The fraction of sp³-hybridized carbons (Fsp3) is 0. The normalized spacial score (nSPS) is 6.78. The Kier molecular flexibility index (Phi) is 8.06.